The Labute approximate surface area is 118 Å². The highest BCUT2D eigenvalue weighted by Crippen LogP contribution is 2.27. The average molecular weight is 273 g/mol. The Morgan fingerprint density at radius 1 is 1.35 bits per heavy atom. The standard InChI is InChI=1S/C16H20FN3/c1-3-16-14(10-20(2)19-16)13-7-4-11(8-15(13)17)9-18-12-5-6-12/h4,7-8,10,12,18H,3,5-6,9H2,1-2H3. The summed E-state index contributed by atoms with van der Waals surface area (Å²) in [7, 11) is 1.87. The first-order valence-electron chi connectivity index (χ1n) is 7.22. The topological polar surface area (TPSA) is 29.9 Å². The summed E-state index contributed by atoms with van der Waals surface area (Å²) in [4.78, 5) is 0. The van der Waals surface area contributed by atoms with Crippen LogP contribution in [-0.2, 0) is 20.0 Å². The number of hydrogen-bond acceptors (Lipinski definition) is 2. The number of aromatic nitrogens is 2. The van der Waals surface area contributed by atoms with Crippen molar-refractivity contribution in [1.29, 1.82) is 0 Å². The molecule has 1 fully saturated rings. The van der Waals surface area contributed by atoms with E-state index in [1.807, 2.05) is 32.3 Å². The molecule has 1 saturated carbocycles. The molecule has 1 aliphatic rings. The number of benzene rings is 1. The summed E-state index contributed by atoms with van der Waals surface area (Å²) in [6, 6.07) is 6.15. The minimum atomic E-state index is -0.164. The molecule has 0 radical (unpaired) electrons. The van der Waals surface area contributed by atoms with Crippen molar-refractivity contribution in [1.82, 2.24) is 15.1 Å². The lowest BCUT2D eigenvalue weighted by Crippen LogP contribution is -2.15. The highest BCUT2D eigenvalue weighted by Gasteiger charge is 2.20. The molecule has 3 nitrogen and oxygen atoms in total. The Morgan fingerprint density at radius 2 is 2.15 bits per heavy atom. The average Bonchev–Trinajstić information content (AvgIpc) is 3.18. The molecule has 1 N–H and O–H groups in total. The van der Waals surface area contributed by atoms with Crippen molar-refractivity contribution >= 4 is 0 Å². The van der Waals surface area contributed by atoms with E-state index in [0.717, 1.165) is 29.8 Å². The molecule has 1 aromatic heterocycles. The van der Waals surface area contributed by atoms with Crippen LogP contribution in [0.25, 0.3) is 11.1 Å². The summed E-state index contributed by atoms with van der Waals surface area (Å²) in [6.07, 6.45) is 5.19. The minimum absolute atomic E-state index is 0.164. The molecule has 0 bridgehead atoms. The van der Waals surface area contributed by atoms with Gasteiger partial charge in [-0.15, -0.1) is 0 Å². The van der Waals surface area contributed by atoms with Crippen LogP contribution < -0.4 is 5.32 Å². The first kappa shape index (κ1) is 13.3. The van der Waals surface area contributed by atoms with Gasteiger partial charge in [0.1, 0.15) is 5.82 Å². The van der Waals surface area contributed by atoms with E-state index < -0.39 is 0 Å². The predicted octanol–water partition coefficient (Wildman–Crippen LogP) is 3.04. The van der Waals surface area contributed by atoms with Gasteiger partial charge in [-0.05, 0) is 30.9 Å². The zero-order valence-electron chi connectivity index (χ0n) is 12.0. The number of rotatable bonds is 5. The first-order valence-corrected chi connectivity index (χ1v) is 7.22. The van der Waals surface area contributed by atoms with Crippen LogP contribution in [-0.4, -0.2) is 15.8 Å². The predicted molar refractivity (Wildman–Crippen MR) is 77.8 cm³/mol. The van der Waals surface area contributed by atoms with Gasteiger partial charge in [-0.25, -0.2) is 4.39 Å². The van der Waals surface area contributed by atoms with Gasteiger partial charge in [0.15, 0.2) is 0 Å². The van der Waals surface area contributed by atoms with E-state index in [2.05, 4.69) is 10.4 Å². The van der Waals surface area contributed by atoms with Crippen molar-refractivity contribution in [3.8, 4) is 11.1 Å². The Balaban J connectivity index is 1.85. The van der Waals surface area contributed by atoms with Crippen LogP contribution in [0, 0.1) is 5.82 Å². The molecule has 0 spiro atoms. The Hall–Kier alpha value is -1.68. The molecule has 1 aromatic carbocycles. The second-order valence-corrected chi connectivity index (χ2v) is 5.49. The fourth-order valence-electron chi connectivity index (χ4n) is 2.46. The van der Waals surface area contributed by atoms with Gasteiger partial charge in [0.05, 0.1) is 5.69 Å². The zero-order valence-corrected chi connectivity index (χ0v) is 12.0. The van der Waals surface area contributed by atoms with Gasteiger partial charge < -0.3 is 5.32 Å². The third kappa shape index (κ3) is 2.75. The lowest BCUT2D eigenvalue weighted by atomic mass is 10.0. The maximum atomic E-state index is 14.3. The fourth-order valence-corrected chi connectivity index (χ4v) is 2.46. The van der Waals surface area contributed by atoms with E-state index >= 15 is 0 Å². The van der Waals surface area contributed by atoms with Gasteiger partial charge >= 0.3 is 0 Å². The van der Waals surface area contributed by atoms with Gasteiger partial charge in [-0.3, -0.25) is 4.68 Å². The molecule has 0 atom stereocenters. The lowest BCUT2D eigenvalue weighted by Gasteiger charge is -2.07. The lowest BCUT2D eigenvalue weighted by molar-refractivity contribution is 0.622. The van der Waals surface area contributed by atoms with Crippen molar-refractivity contribution in [2.75, 3.05) is 0 Å². The van der Waals surface area contributed by atoms with E-state index in [4.69, 9.17) is 0 Å². The van der Waals surface area contributed by atoms with E-state index in [1.165, 1.54) is 12.8 Å². The maximum absolute atomic E-state index is 14.3. The summed E-state index contributed by atoms with van der Waals surface area (Å²) >= 11 is 0. The van der Waals surface area contributed by atoms with Crippen molar-refractivity contribution in [3.05, 3.63) is 41.5 Å². The maximum Gasteiger partial charge on any atom is 0.131 e. The number of hydrogen-bond donors (Lipinski definition) is 1. The van der Waals surface area contributed by atoms with Gasteiger partial charge in [-0.2, -0.15) is 5.10 Å². The van der Waals surface area contributed by atoms with E-state index in [-0.39, 0.29) is 5.82 Å². The molecule has 3 rings (SSSR count). The smallest absolute Gasteiger partial charge is 0.131 e. The van der Waals surface area contributed by atoms with Crippen LogP contribution in [0.4, 0.5) is 4.39 Å². The number of aryl methyl sites for hydroxylation is 2. The quantitative estimate of drug-likeness (QED) is 0.907. The first-order chi connectivity index (χ1) is 9.67. The number of nitrogens with one attached hydrogen (secondary N) is 1. The Kier molecular flexibility index (Phi) is 3.57. The van der Waals surface area contributed by atoms with Crippen molar-refractivity contribution < 1.29 is 4.39 Å². The van der Waals surface area contributed by atoms with Gasteiger partial charge in [0.2, 0.25) is 0 Å². The zero-order chi connectivity index (χ0) is 14.1. The molecule has 1 heterocycles. The summed E-state index contributed by atoms with van der Waals surface area (Å²) in [5, 5.41) is 7.78. The molecular formula is C16H20FN3. The molecule has 1 aliphatic carbocycles. The summed E-state index contributed by atoms with van der Waals surface area (Å²) in [5.41, 5.74) is 3.48. The van der Waals surface area contributed by atoms with Crippen LogP contribution in [0.15, 0.2) is 24.4 Å². The molecule has 20 heavy (non-hydrogen) atoms. The number of halogens is 1. The van der Waals surface area contributed by atoms with Crippen molar-refractivity contribution in [3.63, 3.8) is 0 Å². The van der Waals surface area contributed by atoms with Gasteiger partial charge in [0, 0.05) is 37.0 Å². The van der Waals surface area contributed by atoms with E-state index in [9.17, 15) is 4.39 Å². The highest BCUT2D eigenvalue weighted by molar-refractivity contribution is 5.66. The van der Waals surface area contributed by atoms with Crippen molar-refractivity contribution in [2.24, 2.45) is 7.05 Å². The Morgan fingerprint density at radius 3 is 2.80 bits per heavy atom. The Bertz CT molecular complexity index is 614. The van der Waals surface area contributed by atoms with Crippen molar-refractivity contribution in [2.45, 2.75) is 38.8 Å². The summed E-state index contributed by atoms with van der Waals surface area (Å²) in [6.45, 7) is 2.78. The highest BCUT2D eigenvalue weighted by atomic mass is 19.1. The van der Waals surface area contributed by atoms with Crippen LogP contribution in [0.2, 0.25) is 0 Å². The third-order valence-electron chi connectivity index (χ3n) is 3.74. The second-order valence-electron chi connectivity index (χ2n) is 5.49. The largest absolute Gasteiger partial charge is 0.310 e. The van der Waals surface area contributed by atoms with E-state index in [0.29, 0.717) is 11.6 Å². The summed E-state index contributed by atoms with van der Waals surface area (Å²) in [5.74, 6) is -0.164. The normalized spacial score (nSPS) is 14.8. The third-order valence-corrected chi connectivity index (χ3v) is 3.74. The molecule has 4 heteroatoms. The molecule has 0 saturated heterocycles. The molecular weight excluding hydrogens is 253 g/mol. The molecule has 0 amide bonds. The number of nitrogens with zero attached hydrogens (tertiary/aromatic N) is 2. The SMILES string of the molecule is CCc1nn(C)cc1-c1ccc(CNC2CC2)cc1F. The monoisotopic (exact) mass is 273 g/mol. The fraction of sp³-hybridized carbons (Fsp3) is 0.438. The van der Waals surface area contributed by atoms with Crippen LogP contribution in [0.1, 0.15) is 31.0 Å². The van der Waals surface area contributed by atoms with Crippen LogP contribution in [0.5, 0.6) is 0 Å². The molecule has 0 aliphatic heterocycles. The van der Waals surface area contributed by atoms with Crippen LogP contribution in [0.3, 0.4) is 0 Å². The summed E-state index contributed by atoms with van der Waals surface area (Å²) < 4.78 is 16.1. The second kappa shape index (κ2) is 5.37. The van der Waals surface area contributed by atoms with Crippen LogP contribution >= 0.6 is 0 Å². The minimum Gasteiger partial charge on any atom is -0.310 e. The van der Waals surface area contributed by atoms with Gasteiger partial charge in [0.25, 0.3) is 0 Å². The molecule has 106 valence electrons. The van der Waals surface area contributed by atoms with E-state index in [1.54, 1.807) is 10.7 Å². The van der Waals surface area contributed by atoms with Gasteiger partial charge in [-0.1, -0.05) is 19.1 Å². The molecule has 0 unspecified atom stereocenters. The molecule has 2 aromatic rings.